The van der Waals surface area contributed by atoms with E-state index in [2.05, 4.69) is 181 Å². The van der Waals surface area contributed by atoms with Gasteiger partial charge in [-0.05, 0) is 81.9 Å². The number of fused-ring (bicyclic) bond motifs is 8. The smallest absolute Gasteiger partial charge is 0.143 e. The first-order valence-electron chi connectivity index (χ1n) is 18.0. The lowest BCUT2D eigenvalue weighted by Crippen LogP contribution is -2.11. The van der Waals surface area contributed by atoms with Crippen LogP contribution in [0, 0.1) is 0 Å². The van der Waals surface area contributed by atoms with Crippen molar-refractivity contribution in [2.45, 2.75) is 0 Å². The summed E-state index contributed by atoms with van der Waals surface area (Å²) in [5.74, 6) is 0. The van der Waals surface area contributed by atoms with E-state index in [4.69, 9.17) is 8.83 Å². The maximum absolute atomic E-state index is 6.75. The molecule has 0 spiro atoms. The van der Waals surface area contributed by atoms with Gasteiger partial charge in [-0.15, -0.1) is 0 Å². The number of hydrogen-bond donors (Lipinski definition) is 0. The number of nitrogens with zero attached hydrogens (tertiary/aromatic N) is 1. The third-order valence-electron chi connectivity index (χ3n) is 10.6. The predicted molar refractivity (Wildman–Crippen MR) is 222 cm³/mol. The van der Waals surface area contributed by atoms with Crippen LogP contribution < -0.4 is 4.90 Å². The lowest BCUT2D eigenvalue weighted by molar-refractivity contribution is 0.669. The van der Waals surface area contributed by atoms with Crippen LogP contribution in [0.2, 0.25) is 0 Å². The second-order valence-corrected chi connectivity index (χ2v) is 13.7. The van der Waals surface area contributed by atoms with Gasteiger partial charge in [-0.2, -0.15) is 0 Å². The normalized spacial score (nSPS) is 11.8. The number of furan rings is 2. The van der Waals surface area contributed by atoms with E-state index >= 15 is 0 Å². The Labute approximate surface area is 305 Å². The Morgan fingerprint density at radius 2 is 0.925 bits per heavy atom. The largest absolute Gasteiger partial charge is 0.456 e. The molecule has 53 heavy (non-hydrogen) atoms. The molecule has 0 unspecified atom stereocenters. The topological polar surface area (TPSA) is 29.5 Å². The molecule has 0 aliphatic carbocycles. The van der Waals surface area contributed by atoms with Crippen molar-refractivity contribution in [1.82, 2.24) is 0 Å². The molecule has 0 saturated carbocycles. The van der Waals surface area contributed by atoms with E-state index in [-0.39, 0.29) is 0 Å². The minimum absolute atomic E-state index is 0.888. The SMILES string of the molecule is c1ccc(N(c2ccc(-c3ccc4c(c3)oc3ccccc34)cc2)c2cccc3ccccc23)c(-c2cccc3c2oc2cc4ccccc4cc23)c1. The molecule has 2 aromatic heterocycles. The first-order chi connectivity index (χ1) is 26.3. The fraction of sp³-hybridized carbons (Fsp3) is 0. The number of hydrogen-bond acceptors (Lipinski definition) is 3. The van der Waals surface area contributed by atoms with Gasteiger partial charge in [-0.1, -0.05) is 133 Å². The van der Waals surface area contributed by atoms with Gasteiger partial charge in [0.1, 0.15) is 22.3 Å². The molecule has 0 atom stereocenters. The van der Waals surface area contributed by atoms with E-state index in [9.17, 15) is 0 Å². The summed E-state index contributed by atoms with van der Waals surface area (Å²) in [5, 5.41) is 9.25. The third-order valence-corrected chi connectivity index (χ3v) is 10.6. The fourth-order valence-electron chi connectivity index (χ4n) is 8.11. The molecule has 3 heteroatoms. The van der Waals surface area contributed by atoms with Gasteiger partial charge in [0.05, 0.1) is 11.4 Å². The molecule has 0 fully saturated rings. The van der Waals surface area contributed by atoms with Crippen LogP contribution in [-0.4, -0.2) is 0 Å². The van der Waals surface area contributed by atoms with Crippen molar-refractivity contribution in [2.75, 3.05) is 4.90 Å². The van der Waals surface area contributed by atoms with E-state index in [0.717, 1.165) is 83.2 Å². The lowest BCUT2D eigenvalue weighted by atomic mass is 9.98. The van der Waals surface area contributed by atoms with E-state index in [1.54, 1.807) is 0 Å². The first-order valence-corrected chi connectivity index (χ1v) is 18.0. The van der Waals surface area contributed by atoms with Crippen LogP contribution in [0.4, 0.5) is 17.1 Å². The van der Waals surface area contributed by atoms with Gasteiger partial charge < -0.3 is 13.7 Å². The number of anilines is 3. The van der Waals surface area contributed by atoms with E-state index in [1.807, 2.05) is 12.1 Å². The fourth-order valence-corrected chi connectivity index (χ4v) is 8.11. The summed E-state index contributed by atoms with van der Waals surface area (Å²) in [7, 11) is 0. The van der Waals surface area contributed by atoms with Gasteiger partial charge in [0.2, 0.25) is 0 Å². The Hall–Kier alpha value is -7.10. The summed E-state index contributed by atoms with van der Waals surface area (Å²) in [6.07, 6.45) is 0. The molecule has 248 valence electrons. The second-order valence-electron chi connectivity index (χ2n) is 13.7. The second kappa shape index (κ2) is 11.7. The van der Waals surface area contributed by atoms with Crippen molar-refractivity contribution in [3.63, 3.8) is 0 Å². The zero-order valence-corrected chi connectivity index (χ0v) is 28.7. The average molecular weight is 678 g/mol. The van der Waals surface area contributed by atoms with Gasteiger partial charge in [-0.25, -0.2) is 0 Å². The molecule has 11 rings (SSSR count). The summed E-state index contributed by atoms with van der Waals surface area (Å²) in [6.45, 7) is 0. The molecule has 0 bridgehead atoms. The monoisotopic (exact) mass is 677 g/mol. The summed E-state index contributed by atoms with van der Waals surface area (Å²) < 4.78 is 13.0. The van der Waals surface area contributed by atoms with Crippen LogP contribution in [-0.2, 0) is 0 Å². The molecular formula is C50H31NO2. The molecule has 0 N–H and O–H groups in total. The number of benzene rings is 9. The van der Waals surface area contributed by atoms with Gasteiger partial charge >= 0.3 is 0 Å². The highest BCUT2D eigenvalue weighted by molar-refractivity contribution is 6.14. The van der Waals surface area contributed by atoms with Crippen LogP contribution in [0.15, 0.2) is 197 Å². The maximum atomic E-state index is 6.75. The molecule has 0 radical (unpaired) electrons. The van der Waals surface area contributed by atoms with Crippen molar-refractivity contribution in [2.24, 2.45) is 0 Å². The summed E-state index contributed by atoms with van der Waals surface area (Å²) in [6, 6.07) is 66.8. The Kier molecular flexibility index (Phi) is 6.55. The molecule has 2 heterocycles. The lowest BCUT2D eigenvalue weighted by Gasteiger charge is -2.29. The van der Waals surface area contributed by atoms with Crippen LogP contribution in [0.5, 0.6) is 0 Å². The van der Waals surface area contributed by atoms with Gasteiger partial charge in [-0.3, -0.25) is 0 Å². The summed E-state index contributed by atoms with van der Waals surface area (Å²) in [5.41, 5.74) is 11.2. The molecule has 3 nitrogen and oxygen atoms in total. The summed E-state index contributed by atoms with van der Waals surface area (Å²) in [4.78, 5) is 2.39. The standard InChI is InChI=1S/C50H31NO2/c1-2-13-35-30-49-44(29-34(35)12-1)43-19-10-18-42(50(43)53-49)39-16-5-7-20-46(39)51(45-21-9-14-33-11-3-4-15-38(33)45)37-26-23-32(24-27-37)36-25-28-41-40-17-6-8-22-47(40)52-48(41)31-36/h1-31H. The molecule has 0 saturated heterocycles. The Bertz CT molecular complexity index is 3180. The Balaban J connectivity index is 1.09. The number of para-hydroxylation sites is 3. The highest BCUT2D eigenvalue weighted by atomic mass is 16.3. The Morgan fingerprint density at radius 1 is 0.321 bits per heavy atom. The van der Waals surface area contributed by atoms with E-state index in [0.29, 0.717) is 0 Å². The quantitative estimate of drug-likeness (QED) is 0.182. The molecule has 0 aliphatic heterocycles. The van der Waals surface area contributed by atoms with Crippen LogP contribution in [0.3, 0.4) is 0 Å². The molecule has 11 aromatic rings. The Morgan fingerprint density at radius 3 is 1.81 bits per heavy atom. The molecule has 9 aromatic carbocycles. The van der Waals surface area contributed by atoms with E-state index in [1.165, 1.54) is 21.5 Å². The van der Waals surface area contributed by atoms with Crippen LogP contribution >= 0.6 is 0 Å². The van der Waals surface area contributed by atoms with Crippen molar-refractivity contribution < 1.29 is 8.83 Å². The zero-order chi connectivity index (χ0) is 34.9. The van der Waals surface area contributed by atoms with E-state index < -0.39 is 0 Å². The van der Waals surface area contributed by atoms with Crippen molar-refractivity contribution in [3.8, 4) is 22.3 Å². The van der Waals surface area contributed by atoms with Crippen LogP contribution in [0.25, 0.3) is 87.7 Å². The summed E-state index contributed by atoms with van der Waals surface area (Å²) >= 11 is 0. The minimum atomic E-state index is 0.888. The first kappa shape index (κ1) is 29.6. The highest BCUT2D eigenvalue weighted by Crippen LogP contribution is 2.46. The average Bonchev–Trinajstić information content (AvgIpc) is 3.78. The van der Waals surface area contributed by atoms with Gasteiger partial charge in [0.15, 0.2) is 0 Å². The van der Waals surface area contributed by atoms with Crippen molar-refractivity contribution in [1.29, 1.82) is 0 Å². The molecular weight excluding hydrogens is 647 g/mol. The van der Waals surface area contributed by atoms with Gasteiger partial charge in [0, 0.05) is 43.7 Å². The van der Waals surface area contributed by atoms with Crippen LogP contribution in [0.1, 0.15) is 0 Å². The van der Waals surface area contributed by atoms with Crippen molar-refractivity contribution in [3.05, 3.63) is 188 Å². The number of rotatable bonds is 5. The minimum Gasteiger partial charge on any atom is -0.456 e. The molecule has 0 amide bonds. The highest BCUT2D eigenvalue weighted by Gasteiger charge is 2.22. The molecule has 0 aliphatic rings. The maximum Gasteiger partial charge on any atom is 0.143 e. The van der Waals surface area contributed by atoms with Gasteiger partial charge in [0.25, 0.3) is 0 Å². The third kappa shape index (κ3) is 4.75. The zero-order valence-electron chi connectivity index (χ0n) is 28.7. The predicted octanol–water partition coefficient (Wildman–Crippen LogP) is 14.6. The van der Waals surface area contributed by atoms with Crippen molar-refractivity contribution >= 4 is 82.5 Å².